The molecule has 1 atom stereocenters. The van der Waals surface area contributed by atoms with Gasteiger partial charge < -0.3 is 10.1 Å². The quantitative estimate of drug-likeness (QED) is 0.486. The molecule has 0 radical (unpaired) electrons. The van der Waals surface area contributed by atoms with Crippen molar-refractivity contribution in [2.45, 2.75) is 57.4 Å². The lowest BCUT2D eigenvalue weighted by atomic mass is 9.75. The number of hydrogen-bond donors (Lipinski definition) is 1. The Morgan fingerprint density at radius 2 is 1.62 bits per heavy atom. The fraction of sp³-hybridized carbons (Fsp3) is 0.571. The van der Waals surface area contributed by atoms with E-state index in [1.54, 1.807) is 19.2 Å². The molecule has 1 saturated heterocycles. The molecule has 2 aromatic rings. The third-order valence-electron chi connectivity index (χ3n) is 7.67. The van der Waals surface area contributed by atoms with E-state index in [9.17, 15) is 4.39 Å². The number of nitrogens with one attached hydrogen (secondary N) is 1. The van der Waals surface area contributed by atoms with Crippen molar-refractivity contribution in [2.24, 2.45) is 11.8 Å². The molecule has 2 fully saturated rings. The van der Waals surface area contributed by atoms with Crippen LogP contribution in [0, 0.1) is 17.7 Å². The highest BCUT2D eigenvalue weighted by Crippen LogP contribution is 2.38. The van der Waals surface area contributed by atoms with Crippen molar-refractivity contribution in [2.75, 3.05) is 33.3 Å². The summed E-state index contributed by atoms with van der Waals surface area (Å²) >= 11 is 0. The molecule has 1 aliphatic carbocycles. The van der Waals surface area contributed by atoms with Gasteiger partial charge in [0.15, 0.2) is 0 Å². The number of rotatable bonds is 9. The molecule has 4 rings (SSSR count). The van der Waals surface area contributed by atoms with Gasteiger partial charge in [0.1, 0.15) is 11.6 Å². The molecule has 3 nitrogen and oxygen atoms in total. The van der Waals surface area contributed by atoms with E-state index in [2.05, 4.69) is 34.5 Å². The van der Waals surface area contributed by atoms with Crippen LogP contribution in [0.2, 0.25) is 0 Å². The van der Waals surface area contributed by atoms with Gasteiger partial charge in [-0.3, -0.25) is 4.90 Å². The van der Waals surface area contributed by atoms with Gasteiger partial charge in [0.25, 0.3) is 0 Å². The van der Waals surface area contributed by atoms with Gasteiger partial charge in [-0.2, -0.15) is 0 Å². The highest BCUT2D eigenvalue weighted by atomic mass is 19.1. The molecule has 32 heavy (non-hydrogen) atoms. The first-order valence-corrected chi connectivity index (χ1v) is 12.6. The van der Waals surface area contributed by atoms with Crippen LogP contribution in [0.15, 0.2) is 48.5 Å². The smallest absolute Gasteiger partial charge is 0.123 e. The molecule has 0 bridgehead atoms. The van der Waals surface area contributed by atoms with Gasteiger partial charge in [0.2, 0.25) is 0 Å². The lowest BCUT2D eigenvalue weighted by Crippen LogP contribution is -2.42. The van der Waals surface area contributed by atoms with Gasteiger partial charge in [0, 0.05) is 12.1 Å². The van der Waals surface area contributed by atoms with Crippen molar-refractivity contribution in [3.05, 3.63) is 65.5 Å². The zero-order chi connectivity index (χ0) is 22.2. The SMILES string of the molecule is COc1ccccc1C(CNCCc1ccc(F)cc1)N1CCC(C2CCCCC2)CC1. The van der Waals surface area contributed by atoms with Crippen LogP contribution >= 0.6 is 0 Å². The zero-order valence-corrected chi connectivity index (χ0v) is 19.6. The van der Waals surface area contributed by atoms with E-state index in [1.165, 1.54) is 69.2 Å². The molecule has 0 amide bonds. The van der Waals surface area contributed by atoms with Gasteiger partial charge >= 0.3 is 0 Å². The summed E-state index contributed by atoms with van der Waals surface area (Å²) in [4.78, 5) is 2.67. The summed E-state index contributed by atoms with van der Waals surface area (Å²) in [6.07, 6.45) is 10.8. The molecule has 174 valence electrons. The first-order valence-electron chi connectivity index (χ1n) is 12.6. The van der Waals surface area contributed by atoms with E-state index >= 15 is 0 Å². The van der Waals surface area contributed by atoms with Gasteiger partial charge in [-0.25, -0.2) is 4.39 Å². The highest BCUT2D eigenvalue weighted by Gasteiger charge is 2.31. The van der Waals surface area contributed by atoms with E-state index in [4.69, 9.17) is 4.74 Å². The third kappa shape index (κ3) is 6.11. The minimum Gasteiger partial charge on any atom is -0.496 e. The highest BCUT2D eigenvalue weighted by molar-refractivity contribution is 5.36. The predicted octanol–water partition coefficient (Wildman–Crippen LogP) is 6.00. The Hall–Kier alpha value is -1.91. The summed E-state index contributed by atoms with van der Waals surface area (Å²) in [5.74, 6) is 2.68. The molecule has 1 N–H and O–H groups in total. The van der Waals surface area contributed by atoms with Crippen LogP contribution in [0.1, 0.15) is 62.1 Å². The van der Waals surface area contributed by atoms with Gasteiger partial charge in [0.05, 0.1) is 13.2 Å². The summed E-state index contributed by atoms with van der Waals surface area (Å²) in [5, 5.41) is 3.68. The molecule has 1 heterocycles. The number of likely N-dealkylation sites (tertiary alicyclic amines) is 1. The molecule has 0 spiro atoms. The van der Waals surface area contributed by atoms with Crippen LogP contribution in [0.4, 0.5) is 4.39 Å². The van der Waals surface area contributed by atoms with Crippen molar-refractivity contribution < 1.29 is 9.13 Å². The average Bonchev–Trinajstić information content (AvgIpc) is 2.86. The maximum absolute atomic E-state index is 13.2. The van der Waals surface area contributed by atoms with Crippen molar-refractivity contribution >= 4 is 0 Å². The molecule has 1 unspecified atom stereocenters. The lowest BCUT2D eigenvalue weighted by molar-refractivity contribution is 0.0927. The Labute approximate surface area is 193 Å². The van der Waals surface area contributed by atoms with E-state index in [1.807, 2.05) is 12.1 Å². The second-order valence-corrected chi connectivity index (χ2v) is 9.61. The second kappa shape index (κ2) is 11.8. The van der Waals surface area contributed by atoms with Crippen LogP contribution in [0.25, 0.3) is 0 Å². The number of ether oxygens (including phenoxy) is 1. The molecule has 2 aromatic carbocycles. The lowest BCUT2D eigenvalue weighted by Gasteiger charge is -2.41. The van der Waals surface area contributed by atoms with E-state index in [0.29, 0.717) is 6.04 Å². The number of nitrogens with zero attached hydrogens (tertiary/aromatic N) is 1. The monoisotopic (exact) mass is 438 g/mol. The Bertz CT molecular complexity index is 810. The zero-order valence-electron chi connectivity index (χ0n) is 19.6. The summed E-state index contributed by atoms with van der Waals surface area (Å²) < 4.78 is 18.9. The fourth-order valence-electron chi connectivity index (χ4n) is 5.81. The summed E-state index contributed by atoms with van der Waals surface area (Å²) in [7, 11) is 1.77. The summed E-state index contributed by atoms with van der Waals surface area (Å²) in [6.45, 7) is 4.12. The number of methoxy groups -OCH3 is 1. The first-order chi connectivity index (χ1) is 15.7. The summed E-state index contributed by atoms with van der Waals surface area (Å²) in [6, 6.07) is 15.6. The van der Waals surface area contributed by atoms with Gasteiger partial charge in [-0.15, -0.1) is 0 Å². The summed E-state index contributed by atoms with van der Waals surface area (Å²) in [5.41, 5.74) is 2.45. The van der Waals surface area contributed by atoms with E-state index in [0.717, 1.165) is 37.1 Å². The average molecular weight is 439 g/mol. The molecular formula is C28H39FN2O. The molecular weight excluding hydrogens is 399 g/mol. The number of halogens is 1. The normalized spacial score (nSPS) is 19.7. The number of hydrogen-bond acceptors (Lipinski definition) is 3. The van der Waals surface area contributed by atoms with Crippen molar-refractivity contribution in [3.8, 4) is 5.75 Å². The largest absolute Gasteiger partial charge is 0.496 e. The Kier molecular flexibility index (Phi) is 8.58. The van der Waals surface area contributed by atoms with Crippen molar-refractivity contribution in [1.82, 2.24) is 10.2 Å². The van der Waals surface area contributed by atoms with Crippen molar-refractivity contribution in [1.29, 1.82) is 0 Å². The maximum Gasteiger partial charge on any atom is 0.123 e. The Morgan fingerprint density at radius 1 is 0.938 bits per heavy atom. The van der Waals surface area contributed by atoms with Crippen LogP contribution in [0.5, 0.6) is 5.75 Å². The maximum atomic E-state index is 13.2. The first kappa shape index (κ1) is 23.3. The van der Waals surface area contributed by atoms with Crippen LogP contribution in [0.3, 0.4) is 0 Å². The number of piperidine rings is 1. The standard InChI is InChI=1S/C28H39FN2O/c1-32-28-10-6-5-9-26(28)27(21-30-18-15-22-11-13-25(29)14-12-22)31-19-16-24(17-20-31)23-7-3-2-4-8-23/h5-6,9-14,23-24,27,30H,2-4,7-8,15-21H2,1H3. The molecule has 4 heteroatoms. The van der Waals surface area contributed by atoms with E-state index in [-0.39, 0.29) is 5.82 Å². The molecule has 2 aliphatic rings. The Balaban J connectivity index is 1.37. The number of benzene rings is 2. The third-order valence-corrected chi connectivity index (χ3v) is 7.67. The molecule has 1 saturated carbocycles. The van der Waals surface area contributed by atoms with E-state index < -0.39 is 0 Å². The second-order valence-electron chi connectivity index (χ2n) is 9.61. The molecule has 0 aromatic heterocycles. The van der Waals surface area contributed by atoms with Crippen LogP contribution < -0.4 is 10.1 Å². The minimum atomic E-state index is -0.172. The fourth-order valence-corrected chi connectivity index (χ4v) is 5.81. The van der Waals surface area contributed by atoms with Crippen LogP contribution in [-0.4, -0.2) is 38.2 Å². The molecule has 1 aliphatic heterocycles. The van der Waals surface area contributed by atoms with Gasteiger partial charge in [-0.05, 0) is 74.5 Å². The van der Waals surface area contributed by atoms with Gasteiger partial charge in [-0.1, -0.05) is 62.4 Å². The number of para-hydroxylation sites is 1. The predicted molar refractivity (Wildman–Crippen MR) is 130 cm³/mol. The topological polar surface area (TPSA) is 24.5 Å². The minimum absolute atomic E-state index is 0.172. The van der Waals surface area contributed by atoms with Crippen LogP contribution in [-0.2, 0) is 6.42 Å². The Morgan fingerprint density at radius 3 is 2.34 bits per heavy atom. The van der Waals surface area contributed by atoms with Crippen molar-refractivity contribution in [3.63, 3.8) is 0 Å².